The number of amides is 4. The average molecular weight is 525 g/mol. The molecule has 1 saturated carbocycles. The van der Waals surface area contributed by atoms with Gasteiger partial charge in [0.1, 0.15) is 11.8 Å². The predicted molar refractivity (Wildman–Crippen MR) is 141 cm³/mol. The Balaban J connectivity index is 0.000000190. The van der Waals surface area contributed by atoms with E-state index < -0.39 is 6.04 Å². The first-order valence-corrected chi connectivity index (χ1v) is 14.3. The van der Waals surface area contributed by atoms with Crippen molar-refractivity contribution in [1.82, 2.24) is 20.4 Å². The van der Waals surface area contributed by atoms with Gasteiger partial charge in [-0.25, -0.2) is 0 Å². The molecule has 9 heteroatoms. The van der Waals surface area contributed by atoms with Gasteiger partial charge in [0.05, 0.1) is 6.10 Å². The first kappa shape index (κ1) is 26.7. The van der Waals surface area contributed by atoms with Crippen LogP contribution < -0.4 is 15.4 Å². The van der Waals surface area contributed by atoms with Gasteiger partial charge in [0.15, 0.2) is 0 Å². The molecule has 9 nitrogen and oxygen atoms in total. The molecule has 0 radical (unpaired) electrons. The molecule has 3 saturated heterocycles. The molecule has 4 fully saturated rings. The summed E-state index contributed by atoms with van der Waals surface area (Å²) in [7, 11) is 0. The number of rotatable bonds is 4. The van der Waals surface area contributed by atoms with Gasteiger partial charge in [0.2, 0.25) is 17.7 Å². The molecule has 0 spiro atoms. The summed E-state index contributed by atoms with van der Waals surface area (Å²) in [5.41, 5.74) is 1.52. The van der Waals surface area contributed by atoms with Gasteiger partial charge in [-0.15, -0.1) is 0 Å². The molecular weight excluding hydrogens is 484 g/mol. The Morgan fingerprint density at radius 2 is 1.74 bits per heavy atom. The van der Waals surface area contributed by atoms with E-state index in [1.807, 2.05) is 12.1 Å². The third-order valence-corrected chi connectivity index (χ3v) is 8.66. The number of nitrogens with one attached hydrogen (secondary N) is 2. The zero-order chi connectivity index (χ0) is 26.6. The summed E-state index contributed by atoms with van der Waals surface area (Å²) in [5, 5.41) is 5.60. The number of carbonyl (C=O) groups is 4. The molecule has 38 heavy (non-hydrogen) atoms. The molecule has 2 N–H and O–H groups in total. The summed E-state index contributed by atoms with van der Waals surface area (Å²) in [5.74, 6) is 0.989. The number of hydrogen-bond acceptors (Lipinski definition) is 6. The fourth-order valence-corrected chi connectivity index (χ4v) is 6.42. The number of nitrogens with zero attached hydrogens (tertiary/aromatic N) is 2. The van der Waals surface area contributed by atoms with E-state index in [-0.39, 0.29) is 36.2 Å². The fraction of sp³-hybridized carbons (Fsp3) is 0.655. The van der Waals surface area contributed by atoms with Gasteiger partial charge in [-0.05, 0) is 75.1 Å². The fourth-order valence-electron chi connectivity index (χ4n) is 6.42. The second-order valence-corrected chi connectivity index (χ2v) is 11.3. The molecule has 1 aromatic carbocycles. The number of hydrogen-bond donors (Lipinski definition) is 2. The van der Waals surface area contributed by atoms with E-state index in [0.717, 1.165) is 49.7 Å². The van der Waals surface area contributed by atoms with Crippen molar-refractivity contribution in [3.63, 3.8) is 0 Å². The number of benzene rings is 1. The minimum atomic E-state index is -0.569. The van der Waals surface area contributed by atoms with Crippen LogP contribution >= 0.6 is 0 Å². The van der Waals surface area contributed by atoms with Crippen molar-refractivity contribution in [2.24, 2.45) is 5.92 Å². The number of likely N-dealkylation sites (tertiary alicyclic amines) is 1. The summed E-state index contributed by atoms with van der Waals surface area (Å²) in [4.78, 5) is 51.0. The molecule has 5 aliphatic rings. The number of carbonyl (C=O) groups excluding carboxylic acids is 4. The monoisotopic (exact) mass is 524 g/mol. The van der Waals surface area contributed by atoms with Crippen molar-refractivity contribution in [2.45, 2.75) is 95.9 Å². The highest BCUT2D eigenvalue weighted by Crippen LogP contribution is 2.32. The van der Waals surface area contributed by atoms with Crippen LogP contribution in [0.3, 0.4) is 0 Å². The molecular formula is C29H40N4O5. The van der Waals surface area contributed by atoms with E-state index in [9.17, 15) is 19.2 Å². The molecule has 0 bridgehead atoms. The highest BCUT2D eigenvalue weighted by molar-refractivity contribution is 6.05. The van der Waals surface area contributed by atoms with Crippen molar-refractivity contribution in [1.29, 1.82) is 0 Å². The lowest BCUT2D eigenvalue weighted by molar-refractivity contribution is -0.137. The minimum absolute atomic E-state index is 0.145. The van der Waals surface area contributed by atoms with Crippen LogP contribution in [0, 0.1) is 5.92 Å². The van der Waals surface area contributed by atoms with Gasteiger partial charge in [-0.3, -0.25) is 24.5 Å². The molecule has 1 aliphatic carbocycles. The van der Waals surface area contributed by atoms with Gasteiger partial charge in [0.25, 0.3) is 5.91 Å². The molecule has 206 valence electrons. The van der Waals surface area contributed by atoms with Gasteiger partial charge in [0, 0.05) is 57.0 Å². The van der Waals surface area contributed by atoms with Crippen molar-refractivity contribution in [3.8, 4) is 5.75 Å². The lowest BCUT2D eigenvalue weighted by Crippen LogP contribution is -2.57. The van der Waals surface area contributed by atoms with E-state index >= 15 is 0 Å². The molecule has 4 heterocycles. The van der Waals surface area contributed by atoms with Crippen LogP contribution in [0.15, 0.2) is 18.2 Å². The Morgan fingerprint density at radius 1 is 0.974 bits per heavy atom. The molecule has 2 atom stereocenters. The SMILES string of the molecule is CC(=O)N1CCCCC1C1CNC1.O=C1CCC(N2Cc3cc(OC4CCCCC4)ccc3C2=O)C(=O)N1. The highest BCUT2D eigenvalue weighted by atomic mass is 16.5. The van der Waals surface area contributed by atoms with Gasteiger partial charge in [-0.2, -0.15) is 0 Å². The van der Waals surface area contributed by atoms with E-state index in [0.29, 0.717) is 24.6 Å². The number of imide groups is 1. The van der Waals surface area contributed by atoms with Crippen molar-refractivity contribution >= 4 is 23.6 Å². The average Bonchev–Trinajstić information content (AvgIpc) is 3.19. The standard InChI is InChI=1S/C19H22N2O4.C10H18N2O/c22-17-9-8-16(18(23)20-17)21-11-12-10-14(6-7-15(12)19(21)24)25-13-4-2-1-3-5-13;1-8(13)12-5-3-2-4-10(12)9-6-11-7-9/h6-7,10,13,16H,1-5,8-9,11H2,(H,20,22,23);9-11H,2-7H2,1H3. The molecule has 4 amide bonds. The van der Waals surface area contributed by atoms with Crippen molar-refractivity contribution in [2.75, 3.05) is 19.6 Å². The summed E-state index contributed by atoms with van der Waals surface area (Å²) in [6, 6.07) is 5.53. The Morgan fingerprint density at radius 3 is 2.42 bits per heavy atom. The van der Waals surface area contributed by atoms with Crippen LogP contribution in [0.2, 0.25) is 0 Å². The van der Waals surface area contributed by atoms with E-state index in [1.54, 1.807) is 17.9 Å². The lowest BCUT2D eigenvalue weighted by atomic mass is 9.86. The maximum absolute atomic E-state index is 12.6. The maximum atomic E-state index is 12.6. The smallest absolute Gasteiger partial charge is 0.255 e. The van der Waals surface area contributed by atoms with Crippen LogP contribution in [-0.4, -0.2) is 71.3 Å². The third-order valence-electron chi connectivity index (χ3n) is 8.66. The predicted octanol–water partition coefficient (Wildman–Crippen LogP) is 2.77. The Hall–Kier alpha value is -2.94. The van der Waals surface area contributed by atoms with Crippen LogP contribution in [0.5, 0.6) is 5.75 Å². The Labute approximate surface area is 224 Å². The minimum Gasteiger partial charge on any atom is -0.490 e. The van der Waals surface area contributed by atoms with Crippen LogP contribution in [0.25, 0.3) is 0 Å². The van der Waals surface area contributed by atoms with Gasteiger partial charge < -0.3 is 19.9 Å². The van der Waals surface area contributed by atoms with E-state index in [1.165, 1.54) is 38.5 Å². The summed E-state index contributed by atoms with van der Waals surface area (Å²) < 4.78 is 6.08. The normalized spacial score (nSPS) is 26.2. The number of fused-ring (bicyclic) bond motifs is 1. The lowest BCUT2D eigenvalue weighted by Gasteiger charge is -2.44. The summed E-state index contributed by atoms with van der Waals surface area (Å²) in [6.45, 7) is 5.28. The second kappa shape index (κ2) is 11.8. The summed E-state index contributed by atoms with van der Waals surface area (Å²) in [6.07, 6.45) is 10.5. The Bertz CT molecular complexity index is 1070. The van der Waals surface area contributed by atoms with E-state index in [4.69, 9.17) is 4.74 Å². The zero-order valence-electron chi connectivity index (χ0n) is 22.4. The van der Waals surface area contributed by atoms with Crippen LogP contribution in [0.1, 0.15) is 87.1 Å². The van der Waals surface area contributed by atoms with Crippen LogP contribution in [0.4, 0.5) is 0 Å². The topological polar surface area (TPSA) is 108 Å². The maximum Gasteiger partial charge on any atom is 0.255 e. The second-order valence-electron chi connectivity index (χ2n) is 11.3. The zero-order valence-corrected chi connectivity index (χ0v) is 22.4. The molecule has 6 rings (SSSR count). The summed E-state index contributed by atoms with van der Waals surface area (Å²) >= 11 is 0. The largest absolute Gasteiger partial charge is 0.490 e. The molecule has 0 aromatic heterocycles. The third kappa shape index (κ3) is 5.87. The van der Waals surface area contributed by atoms with Crippen molar-refractivity contribution in [3.05, 3.63) is 29.3 Å². The van der Waals surface area contributed by atoms with Crippen LogP contribution in [-0.2, 0) is 20.9 Å². The molecule has 1 aromatic rings. The van der Waals surface area contributed by atoms with Crippen molar-refractivity contribution < 1.29 is 23.9 Å². The quantitative estimate of drug-likeness (QED) is 0.587. The molecule has 4 aliphatic heterocycles. The number of piperidine rings is 2. The first-order chi connectivity index (χ1) is 18.4. The van der Waals surface area contributed by atoms with Gasteiger partial charge in [-0.1, -0.05) is 6.42 Å². The highest BCUT2D eigenvalue weighted by Gasteiger charge is 2.39. The van der Waals surface area contributed by atoms with E-state index in [2.05, 4.69) is 15.5 Å². The first-order valence-electron chi connectivity index (χ1n) is 14.3. The number of ether oxygens (including phenoxy) is 1. The Kier molecular flexibility index (Phi) is 8.31. The molecule has 2 unspecified atom stereocenters. The van der Waals surface area contributed by atoms with Gasteiger partial charge >= 0.3 is 0 Å².